The van der Waals surface area contributed by atoms with Crippen molar-refractivity contribution in [3.8, 4) is 0 Å². The number of amides is 2. The number of hydrogen-bond acceptors (Lipinski definition) is 6. The van der Waals surface area contributed by atoms with Gasteiger partial charge in [-0.1, -0.05) is 6.07 Å². The van der Waals surface area contributed by atoms with E-state index in [2.05, 4.69) is 15.3 Å². The summed E-state index contributed by atoms with van der Waals surface area (Å²) in [7, 11) is 0. The number of pyridine rings is 1. The molecular weight excluding hydrogens is 434 g/mol. The second-order valence-electron chi connectivity index (χ2n) is 8.37. The Morgan fingerprint density at radius 2 is 2.00 bits per heavy atom. The molecule has 0 aliphatic carbocycles. The lowest BCUT2D eigenvalue weighted by Gasteiger charge is -2.31. The van der Waals surface area contributed by atoms with E-state index in [1.807, 2.05) is 12.1 Å². The number of carbonyl (C=O) groups is 2. The molecule has 2 amide bonds. The molecule has 0 spiro atoms. The summed E-state index contributed by atoms with van der Waals surface area (Å²) in [6.07, 6.45) is 7.34. The molecule has 172 valence electrons. The molecule has 1 aromatic heterocycles. The van der Waals surface area contributed by atoms with Crippen molar-refractivity contribution in [2.45, 2.75) is 12.8 Å². The van der Waals surface area contributed by atoms with Crippen molar-refractivity contribution in [3.63, 3.8) is 0 Å². The summed E-state index contributed by atoms with van der Waals surface area (Å²) in [5.74, 6) is 7.52. The summed E-state index contributed by atoms with van der Waals surface area (Å²) in [5, 5.41) is 12.2. The minimum absolute atomic E-state index is 0.0697. The predicted molar refractivity (Wildman–Crippen MR) is 127 cm³/mol. The number of rotatable bonds is 4. The summed E-state index contributed by atoms with van der Waals surface area (Å²) in [5.41, 5.74) is 2.72. The quantitative estimate of drug-likeness (QED) is 0.479. The highest BCUT2D eigenvalue weighted by molar-refractivity contribution is 6.05. The highest BCUT2D eigenvalue weighted by Crippen LogP contribution is 2.37. The molecule has 2 atom stereocenters. The second kappa shape index (κ2) is 8.65. The van der Waals surface area contributed by atoms with Crippen LogP contribution in [0.4, 0.5) is 10.6 Å². The number of anilines is 1. The highest BCUT2D eigenvalue weighted by atomic mass is 16.4. The fourth-order valence-corrected chi connectivity index (χ4v) is 4.48. The first kappa shape index (κ1) is 21.7. The van der Waals surface area contributed by atoms with Gasteiger partial charge in [-0.2, -0.15) is 10.8 Å². The number of nitrogens with one attached hydrogen (secondary N) is 1. The Hall–Kier alpha value is -4.15. The summed E-state index contributed by atoms with van der Waals surface area (Å²) < 4.78 is -0.151. The van der Waals surface area contributed by atoms with Gasteiger partial charge in [0.15, 0.2) is 0 Å². The van der Waals surface area contributed by atoms with Gasteiger partial charge in [-0.05, 0) is 49.2 Å². The maximum atomic E-state index is 12.6. The van der Waals surface area contributed by atoms with Gasteiger partial charge >= 0.3 is 6.09 Å². The van der Waals surface area contributed by atoms with Crippen LogP contribution in [0.1, 0.15) is 28.8 Å². The average molecular weight is 459 g/mol. The van der Waals surface area contributed by atoms with E-state index in [0.29, 0.717) is 30.3 Å². The van der Waals surface area contributed by atoms with Crippen LogP contribution in [0.15, 0.2) is 82.4 Å². The van der Waals surface area contributed by atoms with E-state index in [1.165, 1.54) is 4.90 Å². The number of carbonyl (C=O) groups excluding carboxylic acids is 1. The first-order chi connectivity index (χ1) is 16.5. The Labute approximate surface area is 196 Å². The molecule has 4 N–H and O–H groups in total. The van der Waals surface area contributed by atoms with E-state index < -0.39 is 6.09 Å². The van der Waals surface area contributed by atoms with Crippen molar-refractivity contribution in [2.75, 3.05) is 18.4 Å². The molecule has 10 heteroatoms. The summed E-state index contributed by atoms with van der Waals surface area (Å²) in [6, 6.07) is 12.3. The smallest absolute Gasteiger partial charge is 0.407 e. The fraction of sp³-hybridized carbons (Fsp3) is 0.208. The molecule has 3 aliphatic heterocycles. The zero-order valence-corrected chi connectivity index (χ0v) is 18.3. The Morgan fingerprint density at radius 1 is 1.18 bits per heavy atom. The van der Waals surface area contributed by atoms with E-state index >= 15 is 0 Å². The Bertz CT molecular complexity index is 1250. The van der Waals surface area contributed by atoms with Gasteiger partial charge in [0.1, 0.15) is 17.7 Å². The summed E-state index contributed by atoms with van der Waals surface area (Å²) >= 11 is 0. The molecule has 3 aliphatic rings. The normalized spacial score (nSPS) is 23.5. The Balaban J connectivity index is 1.42. The van der Waals surface area contributed by atoms with Crippen LogP contribution in [0.5, 0.6) is 0 Å². The number of hydrogen-bond donors (Lipinski definition) is 3. The highest BCUT2D eigenvalue weighted by Gasteiger charge is 2.46. The lowest BCUT2D eigenvalue weighted by atomic mass is 9.94. The van der Waals surface area contributed by atoms with Crippen LogP contribution in [0.2, 0.25) is 0 Å². The molecule has 4 heterocycles. The van der Waals surface area contributed by atoms with Gasteiger partial charge in [0.05, 0.1) is 18.0 Å². The maximum absolute atomic E-state index is 12.6. The van der Waals surface area contributed by atoms with Crippen molar-refractivity contribution >= 4 is 29.9 Å². The van der Waals surface area contributed by atoms with Crippen LogP contribution in [-0.4, -0.2) is 56.7 Å². The van der Waals surface area contributed by atoms with E-state index in [1.54, 1.807) is 55.1 Å². The monoisotopic (exact) mass is 458 g/mol. The van der Waals surface area contributed by atoms with E-state index in [-0.39, 0.29) is 16.4 Å². The number of aliphatic imine (C=N–C) groups is 2. The first-order valence-electron chi connectivity index (χ1n) is 11.0. The predicted octanol–water partition coefficient (Wildman–Crippen LogP) is 2.94. The Morgan fingerprint density at radius 3 is 2.74 bits per heavy atom. The molecule has 2 aromatic rings. The number of piperidine rings is 1. The van der Waals surface area contributed by atoms with Gasteiger partial charge in [-0.15, -0.1) is 4.59 Å². The van der Waals surface area contributed by atoms with E-state index in [4.69, 9.17) is 10.8 Å². The number of carboxylic acid groups (broad SMARTS) is 1. The molecule has 34 heavy (non-hydrogen) atoms. The lowest BCUT2D eigenvalue weighted by molar-refractivity contribution is -0.750. The molecule has 1 fully saturated rings. The fourth-order valence-electron chi connectivity index (χ4n) is 4.48. The number of allylic oxidation sites excluding steroid dienone is 1. The molecule has 1 saturated heterocycles. The largest absolute Gasteiger partial charge is 0.465 e. The first-order valence-corrected chi connectivity index (χ1v) is 11.0. The topological polar surface area (TPSA) is 133 Å². The van der Waals surface area contributed by atoms with Gasteiger partial charge in [-0.3, -0.25) is 9.79 Å². The molecule has 0 saturated carbocycles. The number of aromatic nitrogens is 1. The van der Waals surface area contributed by atoms with Crippen molar-refractivity contribution in [2.24, 2.45) is 21.7 Å². The number of likely N-dealkylation sites (tertiary alicyclic amines) is 1. The second-order valence-corrected chi connectivity index (χ2v) is 8.37. The van der Waals surface area contributed by atoms with Crippen LogP contribution in [-0.2, 0) is 0 Å². The lowest BCUT2D eigenvalue weighted by Crippen LogP contribution is -2.53. The maximum Gasteiger partial charge on any atom is 0.407 e. The number of amidine groups is 1. The van der Waals surface area contributed by atoms with Gasteiger partial charge in [0.25, 0.3) is 11.7 Å². The number of fused-ring (bicyclic) bond motifs is 1. The van der Waals surface area contributed by atoms with Crippen molar-refractivity contribution < 1.29 is 19.3 Å². The molecule has 10 nitrogen and oxygen atoms in total. The molecule has 1 aromatic carbocycles. The van der Waals surface area contributed by atoms with Crippen LogP contribution in [0.25, 0.3) is 0 Å². The minimum Gasteiger partial charge on any atom is -0.465 e. The number of nitrogens with two attached hydrogens (primary N) is 1. The summed E-state index contributed by atoms with van der Waals surface area (Å²) in [6.45, 7) is 0.888. The SMILES string of the molecule is N[N+]12C=CN=CC1=C(C1CCCN(C(=O)O)C1)N=C2c1ccc(C(=O)Nc2ccccn2)cc1. The zero-order valence-electron chi connectivity index (χ0n) is 18.3. The molecule has 0 bridgehead atoms. The van der Waals surface area contributed by atoms with Gasteiger partial charge < -0.3 is 15.3 Å². The number of quaternary nitrogens is 1. The van der Waals surface area contributed by atoms with Crippen LogP contribution < -0.4 is 11.2 Å². The summed E-state index contributed by atoms with van der Waals surface area (Å²) in [4.78, 5) is 38.8. The van der Waals surface area contributed by atoms with E-state index in [9.17, 15) is 14.7 Å². The minimum atomic E-state index is -0.928. The van der Waals surface area contributed by atoms with Gasteiger partial charge in [0.2, 0.25) is 5.70 Å². The van der Waals surface area contributed by atoms with Gasteiger partial charge in [-0.25, -0.2) is 9.78 Å². The van der Waals surface area contributed by atoms with Crippen molar-refractivity contribution in [3.05, 3.63) is 83.6 Å². The molecule has 0 radical (unpaired) electrons. The molecule has 5 rings (SSSR count). The number of benzene rings is 1. The third-order valence-electron chi connectivity index (χ3n) is 6.21. The van der Waals surface area contributed by atoms with Crippen molar-refractivity contribution in [1.82, 2.24) is 9.88 Å². The Kier molecular flexibility index (Phi) is 5.52. The third-order valence-corrected chi connectivity index (χ3v) is 6.21. The van der Waals surface area contributed by atoms with Crippen LogP contribution >= 0.6 is 0 Å². The standard InChI is InChI=1S/C24H23N7O3/c25-31-13-11-26-14-19(31)21(18-4-3-12-30(15-18)24(33)34)29-22(31)16-6-8-17(9-7-16)23(32)28-20-5-1-2-10-27-20/h1-2,5-11,13-14,18H,3-4,12,15,25H2,(H-,27,28,32,33,34)/p+1. The van der Waals surface area contributed by atoms with E-state index in [0.717, 1.165) is 29.8 Å². The average Bonchev–Trinajstić information content (AvgIpc) is 3.18. The van der Waals surface area contributed by atoms with Crippen LogP contribution in [0, 0.1) is 5.92 Å². The molecular formula is C24H24N7O3+. The van der Waals surface area contributed by atoms with Crippen molar-refractivity contribution in [1.29, 1.82) is 0 Å². The van der Waals surface area contributed by atoms with Gasteiger partial charge in [0, 0.05) is 30.8 Å². The zero-order chi connectivity index (χ0) is 23.7. The third kappa shape index (κ3) is 3.89. The number of nitrogens with zero attached hydrogens (tertiary/aromatic N) is 5. The molecule has 2 unspecified atom stereocenters. The van der Waals surface area contributed by atoms with Crippen LogP contribution in [0.3, 0.4) is 0 Å².